The number of carbonyl (C=O) groups excluding carboxylic acids is 1. The third kappa shape index (κ3) is 3.48. The SMILES string of the molecule is C[C@@H](C(=O)Nc1nncs1)N1CCN(c2nc3ccccc3s2)CC1. The number of anilines is 2. The molecule has 0 aliphatic carbocycles. The van der Waals surface area contributed by atoms with Gasteiger partial charge in [-0.15, -0.1) is 10.2 Å². The molecule has 1 saturated heterocycles. The van der Waals surface area contributed by atoms with Crippen LogP contribution in [0.2, 0.25) is 0 Å². The van der Waals surface area contributed by atoms with Crippen molar-refractivity contribution in [2.24, 2.45) is 0 Å². The summed E-state index contributed by atoms with van der Waals surface area (Å²) in [7, 11) is 0. The van der Waals surface area contributed by atoms with Crippen LogP contribution in [0.4, 0.5) is 10.3 Å². The van der Waals surface area contributed by atoms with Crippen molar-refractivity contribution in [1.29, 1.82) is 0 Å². The van der Waals surface area contributed by atoms with E-state index in [0.29, 0.717) is 5.13 Å². The minimum Gasteiger partial charge on any atom is -0.345 e. The fourth-order valence-corrected chi connectivity index (χ4v) is 4.36. The average Bonchev–Trinajstić information content (AvgIpc) is 3.30. The topological polar surface area (TPSA) is 74.2 Å². The Morgan fingerprint density at radius 1 is 1.24 bits per heavy atom. The number of nitrogens with zero attached hydrogens (tertiary/aromatic N) is 5. The van der Waals surface area contributed by atoms with Gasteiger partial charge in [-0.05, 0) is 19.1 Å². The van der Waals surface area contributed by atoms with Crippen LogP contribution in [0.5, 0.6) is 0 Å². The molecule has 0 saturated carbocycles. The summed E-state index contributed by atoms with van der Waals surface area (Å²) in [5, 5.41) is 12.0. The lowest BCUT2D eigenvalue weighted by atomic mass is 10.2. The molecule has 3 heterocycles. The maximum Gasteiger partial charge on any atom is 0.243 e. The predicted molar refractivity (Wildman–Crippen MR) is 101 cm³/mol. The van der Waals surface area contributed by atoms with Crippen molar-refractivity contribution in [3.05, 3.63) is 29.8 Å². The number of hydrogen-bond donors (Lipinski definition) is 1. The number of nitrogens with one attached hydrogen (secondary N) is 1. The van der Waals surface area contributed by atoms with Crippen LogP contribution in [0.25, 0.3) is 10.2 Å². The van der Waals surface area contributed by atoms with Gasteiger partial charge in [0, 0.05) is 26.2 Å². The third-order valence-corrected chi connectivity index (χ3v) is 6.09. The molecule has 1 atom stereocenters. The van der Waals surface area contributed by atoms with Gasteiger partial charge in [0.2, 0.25) is 11.0 Å². The van der Waals surface area contributed by atoms with Gasteiger partial charge in [-0.2, -0.15) is 0 Å². The number of amides is 1. The highest BCUT2D eigenvalue weighted by Gasteiger charge is 2.27. The van der Waals surface area contributed by atoms with Gasteiger partial charge in [-0.3, -0.25) is 15.0 Å². The standard InChI is InChI=1S/C16H18N6OS2/c1-11(14(23)19-15-20-17-10-24-15)21-6-8-22(9-7-21)16-18-12-4-2-3-5-13(12)25-16/h2-5,10-11H,6-9H2,1H3,(H,19,20,23)/t11-/m0/s1. The van der Waals surface area contributed by atoms with E-state index in [1.54, 1.807) is 16.8 Å². The molecule has 9 heteroatoms. The Hall–Kier alpha value is -2.10. The molecule has 4 rings (SSSR count). The number of aromatic nitrogens is 3. The van der Waals surface area contributed by atoms with E-state index in [-0.39, 0.29) is 11.9 Å². The second-order valence-electron chi connectivity index (χ2n) is 5.90. The smallest absolute Gasteiger partial charge is 0.243 e. The number of rotatable bonds is 4. The highest BCUT2D eigenvalue weighted by molar-refractivity contribution is 7.22. The lowest BCUT2D eigenvalue weighted by Gasteiger charge is -2.37. The molecule has 25 heavy (non-hydrogen) atoms. The van der Waals surface area contributed by atoms with Crippen molar-refractivity contribution >= 4 is 49.1 Å². The zero-order valence-electron chi connectivity index (χ0n) is 13.8. The van der Waals surface area contributed by atoms with Gasteiger partial charge < -0.3 is 4.90 Å². The second kappa shape index (κ2) is 7.03. The van der Waals surface area contributed by atoms with Crippen LogP contribution >= 0.6 is 22.7 Å². The molecule has 7 nitrogen and oxygen atoms in total. The molecule has 2 aromatic heterocycles. The maximum absolute atomic E-state index is 12.3. The summed E-state index contributed by atoms with van der Waals surface area (Å²) >= 11 is 3.05. The highest BCUT2D eigenvalue weighted by Crippen LogP contribution is 2.29. The summed E-state index contributed by atoms with van der Waals surface area (Å²) in [6.07, 6.45) is 0. The van der Waals surface area contributed by atoms with Gasteiger partial charge in [0.05, 0.1) is 16.3 Å². The summed E-state index contributed by atoms with van der Waals surface area (Å²) in [5.41, 5.74) is 2.66. The van der Waals surface area contributed by atoms with Gasteiger partial charge in [0.25, 0.3) is 0 Å². The van der Waals surface area contributed by atoms with E-state index < -0.39 is 0 Å². The average molecular weight is 374 g/mol. The summed E-state index contributed by atoms with van der Waals surface area (Å²) < 4.78 is 1.21. The Labute approximate surface area is 153 Å². The van der Waals surface area contributed by atoms with Crippen LogP contribution in [0, 0.1) is 0 Å². The van der Waals surface area contributed by atoms with Crippen LogP contribution in [-0.2, 0) is 4.79 Å². The Kier molecular flexibility index (Phi) is 4.60. The normalized spacial score (nSPS) is 16.9. The third-order valence-electron chi connectivity index (χ3n) is 4.38. The number of benzene rings is 1. The van der Waals surface area contributed by atoms with E-state index in [9.17, 15) is 4.79 Å². The van der Waals surface area contributed by atoms with Crippen LogP contribution < -0.4 is 10.2 Å². The van der Waals surface area contributed by atoms with E-state index in [2.05, 4.69) is 31.4 Å². The molecular formula is C16H18N6OS2. The van der Waals surface area contributed by atoms with Crippen LogP contribution in [-0.4, -0.2) is 58.2 Å². The molecule has 0 radical (unpaired) electrons. The van der Waals surface area contributed by atoms with Gasteiger partial charge in [0.15, 0.2) is 5.13 Å². The molecule has 1 fully saturated rings. The van der Waals surface area contributed by atoms with E-state index in [4.69, 9.17) is 4.98 Å². The molecule has 1 amide bonds. The zero-order valence-corrected chi connectivity index (χ0v) is 15.4. The van der Waals surface area contributed by atoms with Gasteiger partial charge >= 0.3 is 0 Å². The van der Waals surface area contributed by atoms with Crippen molar-refractivity contribution in [3.8, 4) is 0 Å². The number of thiazole rings is 1. The van der Waals surface area contributed by atoms with E-state index in [1.807, 2.05) is 25.1 Å². The molecule has 1 N–H and O–H groups in total. The number of fused-ring (bicyclic) bond motifs is 1. The van der Waals surface area contributed by atoms with Crippen LogP contribution in [0.3, 0.4) is 0 Å². The predicted octanol–water partition coefficient (Wildman–Crippen LogP) is 2.30. The van der Waals surface area contributed by atoms with Crippen molar-refractivity contribution in [1.82, 2.24) is 20.1 Å². The second-order valence-corrected chi connectivity index (χ2v) is 7.74. The van der Waals surface area contributed by atoms with E-state index >= 15 is 0 Å². The summed E-state index contributed by atoms with van der Waals surface area (Å²) in [6, 6.07) is 8.02. The fourth-order valence-electron chi connectivity index (χ4n) is 2.90. The minimum absolute atomic E-state index is 0.0369. The van der Waals surface area contributed by atoms with Crippen molar-refractivity contribution in [2.45, 2.75) is 13.0 Å². The number of para-hydroxylation sites is 1. The van der Waals surface area contributed by atoms with Crippen molar-refractivity contribution < 1.29 is 4.79 Å². The molecule has 0 unspecified atom stereocenters. The maximum atomic E-state index is 12.3. The first-order valence-corrected chi connectivity index (χ1v) is 9.82. The molecule has 130 valence electrons. The van der Waals surface area contributed by atoms with Gasteiger partial charge in [-0.25, -0.2) is 4.98 Å². The fraction of sp³-hybridized carbons (Fsp3) is 0.375. The number of carbonyl (C=O) groups is 1. The molecule has 0 bridgehead atoms. The molecular weight excluding hydrogens is 356 g/mol. The molecule has 1 aliphatic heterocycles. The first-order valence-electron chi connectivity index (χ1n) is 8.12. The lowest BCUT2D eigenvalue weighted by Crippen LogP contribution is -2.52. The summed E-state index contributed by atoms with van der Waals surface area (Å²) in [6.45, 7) is 5.34. The van der Waals surface area contributed by atoms with Crippen LogP contribution in [0.15, 0.2) is 29.8 Å². The first-order chi connectivity index (χ1) is 12.2. The monoisotopic (exact) mass is 374 g/mol. The van der Waals surface area contributed by atoms with E-state index in [0.717, 1.165) is 36.8 Å². The largest absolute Gasteiger partial charge is 0.345 e. The Morgan fingerprint density at radius 3 is 2.76 bits per heavy atom. The summed E-state index contributed by atoms with van der Waals surface area (Å²) in [5.74, 6) is -0.0369. The highest BCUT2D eigenvalue weighted by atomic mass is 32.1. The van der Waals surface area contributed by atoms with E-state index in [1.165, 1.54) is 16.0 Å². The first kappa shape index (κ1) is 16.4. The van der Waals surface area contributed by atoms with Crippen molar-refractivity contribution in [2.75, 3.05) is 36.4 Å². The van der Waals surface area contributed by atoms with Gasteiger partial charge in [0.1, 0.15) is 5.51 Å². The summed E-state index contributed by atoms with van der Waals surface area (Å²) in [4.78, 5) is 21.6. The Balaban J connectivity index is 1.36. The number of hydrogen-bond acceptors (Lipinski definition) is 8. The van der Waals surface area contributed by atoms with Crippen LogP contribution in [0.1, 0.15) is 6.92 Å². The number of piperazine rings is 1. The molecule has 1 aliphatic rings. The molecule has 3 aromatic rings. The van der Waals surface area contributed by atoms with Gasteiger partial charge in [-0.1, -0.05) is 34.8 Å². The molecule has 0 spiro atoms. The lowest BCUT2D eigenvalue weighted by molar-refractivity contribution is -0.120. The zero-order chi connectivity index (χ0) is 17.2. The minimum atomic E-state index is -0.193. The Morgan fingerprint density at radius 2 is 2.04 bits per heavy atom. The Bertz CT molecular complexity index is 824. The molecule has 1 aromatic carbocycles. The quantitative estimate of drug-likeness (QED) is 0.755. The van der Waals surface area contributed by atoms with Crippen molar-refractivity contribution in [3.63, 3.8) is 0 Å².